The summed E-state index contributed by atoms with van der Waals surface area (Å²) in [6.07, 6.45) is 1.89. The van der Waals surface area contributed by atoms with E-state index >= 15 is 0 Å². The van der Waals surface area contributed by atoms with Crippen molar-refractivity contribution in [1.82, 2.24) is 19.8 Å². The van der Waals surface area contributed by atoms with Crippen molar-refractivity contribution in [2.45, 2.75) is 40.3 Å². The molecule has 2 atom stereocenters. The highest BCUT2D eigenvalue weighted by Crippen LogP contribution is 2.15. The second-order valence-electron chi connectivity index (χ2n) is 6.92. The molecule has 1 aliphatic heterocycles. The molecule has 1 aliphatic rings. The van der Waals surface area contributed by atoms with Crippen LogP contribution in [0.15, 0.2) is 18.2 Å². The van der Waals surface area contributed by atoms with Gasteiger partial charge in [0.05, 0.1) is 25.4 Å². The molecule has 0 aliphatic carbocycles. The number of tetrazole rings is 1. The maximum absolute atomic E-state index is 12.0. The van der Waals surface area contributed by atoms with Crippen LogP contribution in [0.4, 0.5) is 0 Å². The Hall–Kier alpha value is -2.06. The molecule has 3 rings (SSSR count). The first kappa shape index (κ1) is 18.7. The lowest BCUT2D eigenvalue weighted by molar-refractivity contribution is -0.930. The summed E-state index contributed by atoms with van der Waals surface area (Å²) in [6.45, 7) is 8.73. The molecule has 0 radical (unpaired) electrons. The zero-order valence-electron chi connectivity index (χ0n) is 15.6. The number of hydrogen-bond acceptors (Lipinski definition) is 5. The molecule has 0 saturated carbocycles. The number of aryl methyl sites for hydroxylation is 2. The van der Waals surface area contributed by atoms with Gasteiger partial charge in [-0.15, -0.1) is 0 Å². The number of carbonyl (C=O) groups is 1. The van der Waals surface area contributed by atoms with E-state index in [4.69, 9.17) is 17.0 Å². The number of carbonyl (C=O) groups excluding carboxylic acids is 1. The van der Waals surface area contributed by atoms with Crippen LogP contribution in [0.3, 0.4) is 0 Å². The van der Waals surface area contributed by atoms with Gasteiger partial charge in [0.15, 0.2) is 6.67 Å². The van der Waals surface area contributed by atoms with E-state index in [-0.39, 0.29) is 11.9 Å². The minimum absolute atomic E-state index is 0.0396. The van der Waals surface area contributed by atoms with E-state index in [1.807, 2.05) is 26.0 Å². The van der Waals surface area contributed by atoms with Gasteiger partial charge in [0, 0.05) is 0 Å². The molecular formula is C18H26N5O2S+. The maximum atomic E-state index is 12.0. The SMILES string of the molecule is CCOC(=O)[C@H]1CCC[NH+](Cn2nnn(-c3ccc(C)cc3C)c2=S)C1. The molecule has 1 saturated heterocycles. The van der Waals surface area contributed by atoms with Crippen LogP contribution < -0.4 is 4.90 Å². The van der Waals surface area contributed by atoms with Crippen molar-refractivity contribution in [3.8, 4) is 5.69 Å². The number of aromatic nitrogens is 4. The average Bonchev–Trinajstić information content (AvgIpc) is 2.96. The van der Waals surface area contributed by atoms with Gasteiger partial charge in [-0.05, 0) is 67.9 Å². The summed E-state index contributed by atoms with van der Waals surface area (Å²) in [6, 6.07) is 6.17. The first-order chi connectivity index (χ1) is 12.5. The molecule has 8 heteroatoms. The lowest BCUT2D eigenvalue weighted by Crippen LogP contribution is -3.13. The lowest BCUT2D eigenvalue weighted by atomic mass is 9.99. The van der Waals surface area contributed by atoms with Crippen LogP contribution in [0, 0.1) is 24.5 Å². The number of quaternary nitrogens is 1. The summed E-state index contributed by atoms with van der Waals surface area (Å²) >= 11 is 5.59. The van der Waals surface area contributed by atoms with Crippen molar-refractivity contribution in [1.29, 1.82) is 0 Å². The number of rotatable bonds is 5. The van der Waals surface area contributed by atoms with Gasteiger partial charge >= 0.3 is 5.97 Å². The van der Waals surface area contributed by atoms with Crippen LogP contribution in [0.2, 0.25) is 0 Å². The molecular weight excluding hydrogens is 350 g/mol. The number of benzene rings is 1. The Kier molecular flexibility index (Phi) is 5.83. The number of nitrogens with zero attached hydrogens (tertiary/aromatic N) is 4. The molecule has 1 aromatic heterocycles. The van der Waals surface area contributed by atoms with Crippen LogP contribution in [-0.4, -0.2) is 45.5 Å². The molecule has 0 spiro atoms. The Balaban J connectivity index is 1.74. The van der Waals surface area contributed by atoms with Gasteiger partial charge in [0.1, 0.15) is 5.92 Å². The van der Waals surface area contributed by atoms with Gasteiger partial charge in [0.25, 0.3) is 0 Å². The lowest BCUT2D eigenvalue weighted by Gasteiger charge is -2.28. The molecule has 0 bridgehead atoms. The third-order valence-corrected chi connectivity index (χ3v) is 5.21. The van der Waals surface area contributed by atoms with Crippen LogP contribution in [0.5, 0.6) is 0 Å². The number of ether oxygens (including phenoxy) is 1. The highest BCUT2D eigenvalue weighted by molar-refractivity contribution is 7.71. The molecule has 0 amide bonds. The number of esters is 1. The van der Waals surface area contributed by atoms with E-state index in [0.717, 1.165) is 37.2 Å². The normalized spacial score (nSPS) is 20.1. The zero-order chi connectivity index (χ0) is 18.7. The minimum atomic E-state index is -0.0905. The fourth-order valence-electron chi connectivity index (χ4n) is 3.54. The molecule has 2 aromatic rings. The smallest absolute Gasteiger partial charge is 0.314 e. The van der Waals surface area contributed by atoms with Crippen molar-refractivity contribution in [2.24, 2.45) is 5.92 Å². The van der Waals surface area contributed by atoms with E-state index in [1.54, 1.807) is 9.36 Å². The largest absolute Gasteiger partial charge is 0.466 e. The molecule has 140 valence electrons. The van der Waals surface area contributed by atoms with Gasteiger partial charge < -0.3 is 9.64 Å². The number of piperidine rings is 1. The average molecular weight is 377 g/mol. The highest BCUT2D eigenvalue weighted by Gasteiger charge is 2.30. The first-order valence-electron chi connectivity index (χ1n) is 9.10. The van der Waals surface area contributed by atoms with Crippen molar-refractivity contribution in [2.75, 3.05) is 19.7 Å². The van der Waals surface area contributed by atoms with E-state index < -0.39 is 0 Å². The predicted molar refractivity (Wildman–Crippen MR) is 99.7 cm³/mol. The summed E-state index contributed by atoms with van der Waals surface area (Å²) in [5.41, 5.74) is 3.26. The molecule has 26 heavy (non-hydrogen) atoms. The number of nitrogens with one attached hydrogen (secondary N) is 1. The Morgan fingerprint density at radius 1 is 1.38 bits per heavy atom. The van der Waals surface area contributed by atoms with Crippen LogP contribution in [0.1, 0.15) is 30.9 Å². The fourth-order valence-corrected chi connectivity index (χ4v) is 3.77. The second-order valence-corrected chi connectivity index (χ2v) is 7.28. The summed E-state index contributed by atoms with van der Waals surface area (Å²) in [7, 11) is 0. The van der Waals surface area contributed by atoms with Crippen LogP contribution >= 0.6 is 12.2 Å². The summed E-state index contributed by atoms with van der Waals surface area (Å²) in [5.74, 6) is -0.130. The second kappa shape index (κ2) is 8.09. The Labute approximate surface area is 158 Å². The molecule has 2 heterocycles. The molecule has 1 unspecified atom stereocenters. The standard InChI is InChI=1S/C18H25N5O2S/c1-4-25-17(24)15-6-5-9-21(11-15)12-22-18(26)23(20-19-22)16-8-7-13(2)10-14(16)3/h7-8,10,15H,4-6,9,11-12H2,1-3H3/p+1/t15-/m0/s1. The quantitative estimate of drug-likeness (QED) is 0.628. The summed E-state index contributed by atoms with van der Waals surface area (Å²) < 4.78 is 9.20. The van der Waals surface area contributed by atoms with E-state index in [9.17, 15) is 4.79 Å². The Bertz CT molecular complexity index is 844. The van der Waals surface area contributed by atoms with Gasteiger partial charge in [-0.2, -0.15) is 9.36 Å². The fraction of sp³-hybridized carbons (Fsp3) is 0.556. The van der Waals surface area contributed by atoms with Gasteiger partial charge in [-0.1, -0.05) is 17.7 Å². The summed E-state index contributed by atoms with van der Waals surface area (Å²) in [5, 5.41) is 8.49. The number of hydrogen-bond donors (Lipinski definition) is 1. The molecule has 1 fully saturated rings. The van der Waals surface area contributed by atoms with E-state index in [2.05, 4.69) is 23.4 Å². The molecule has 1 aromatic carbocycles. The van der Waals surface area contributed by atoms with E-state index in [0.29, 0.717) is 18.0 Å². The van der Waals surface area contributed by atoms with Gasteiger partial charge in [0.2, 0.25) is 4.77 Å². The Morgan fingerprint density at radius 2 is 2.19 bits per heavy atom. The zero-order valence-corrected chi connectivity index (χ0v) is 16.4. The third-order valence-electron chi connectivity index (χ3n) is 4.83. The first-order valence-corrected chi connectivity index (χ1v) is 9.51. The number of likely N-dealkylation sites (tertiary alicyclic amines) is 1. The monoisotopic (exact) mass is 376 g/mol. The van der Waals surface area contributed by atoms with Crippen molar-refractivity contribution >= 4 is 18.2 Å². The van der Waals surface area contributed by atoms with Gasteiger partial charge in [-0.25, -0.2) is 0 Å². The topological polar surface area (TPSA) is 66.4 Å². The summed E-state index contributed by atoms with van der Waals surface area (Å²) in [4.78, 5) is 13.3. The molecule has 1 N–H and O–H groups in total. The Morgan fingerprint density at radius 3 is 2.92 bits per heavy atom. The minimum Gasteiger partial charge on any atom is -0.466 e. The maximum Gasteiger partial charge on any atom is 0.314 e. The van der Waals surface area contributed by atoms with Crippen molar-refractivity contribution in [3.63, 3.8) is 0 Å². The molecule has 7 nitrogen and oxygen atoms in total. The van der Waals surface area contributed by atoms with Crippen LogP contribution in [0.25, 0.3) is 5.69 Å². The third kappa shape index (κ3) is 4.02. The van der Waals surface area contributed by atoms with E-state index in [1.165, 1.54) is 10.5 Å². The highest BCUT2D eigenvalue weighted by atomic mass is 32.1. The van der Waals surface area contributed by atoms with Crippen LogP contribution in [-0.2, 0) is 16.2 Å². The van der Waals surface area contributed by atoms with Crippen molar-refractivity contribution in [3.05, 3.63) is 34.1 Å². The van der Waals surface area contributed by atoms with Gasteiger partial charge in [-0.3, -0.25) is 4.79 Å². The predicted octanol–water partition coefficient (Wildman–Crippen LogP) is 1.23. The van der Waals surface area contributed by atoms with Crippen molar-refractivity contribution < 1.29 is 14.4 Å².